The van der Waals surface area contributed by atoms with E-state index in [9.17, 15) is 9.59 Å². The zero-order chi connectivity index (χ0) is 23.9. The predicted molar refractivity (Wildman–Crippen MR) is 131 cm³/mol. The molecule has 1 N–H and O–H groups in total. The molecule has 0 bridgehead atoms. The summed E-state index contributed by atoms with van der Waals surface area (Å²) >= 11 is 1.37. The fraction of sp³-hybridized carbons (Fsp3) is 0.360. The first-order valence-electron chi connectivity index (χ1n) is 11.3. The van der Waals surface area contributed by atoms with Crippen LogP contribution in [0.15, 0.2) is 53.7 Å². The number of ether oxygens (including phenoxy) is 2. The van der Waals surface area contributed by atoms with Gasteiger partial charge in [-0.3, -0.25) is 9.36 Å². The normalized spacial score (nSPS) is 13.9. The van der Waals surface area contributed by atoms with Crippen molar-refractivity contribution in [1.29, 1.82) is 0 Å². The molecule has 178 valence electrons. The number of hydrogen-bond acceptors (Lipinski definition) is 7. The maximum atomic E-state index is 12.7. The SMILES string of the molecule is COC(=O)c1cccc(NC(=O)CSc2nnc(-c3ccc(OC)cc3)n2C2CCCCC2)c1. The number of nitrogens with zero attached hydrogens (tertiary/aromatic N) is 3. The Morgan fingerprint density at radius 1 is 1.06 bits per heavy atom. The maximum absolute atomic E-state index is 12.7. The first-order chi connectivity index (χ1) is 16.6. The molecule has 0 saturated heterocycles. The van der Waals surface area contributed by atoms with E-state index in [-0.39, 0.29) is 11.7 Å². The number of benzene rings is 2. The van der Waals surface area contributed by atoms with Crippen LogP contribution in [-0.4, -0.2) is 46.6 Å². The standard InChI is InChI=1S/C25H28N4O4S/c1-32-21-13-11-17(12-14-21)23-27-28-25(29(23)20-9-4-3-5-10-20)34-16-22(30)26-19-8-6-7-18(15-19)24(31)33-2/h6-8,11-15,20H,3-5,9-10,16H2,1-2H3,(H,26,30). The van der Waals surface area contributed by atoms with E-state index in [0.717, 1.165) is 35.1 Å². The Hall–Kier alpha value is -3.33. The molecule has 34 heavy (non-hydrogen) atoms. The number of methoxy groups -OCH3 is 2. The van der Waals surface area contributed by atoms with E-state index in [0.29, 0.717) is 17.3 Å². The molecule has 1 aliphatic carbocycles. The zero-order valence-corrected chi connectivity index (χ0v) is 20.1. The number of nitrogens with one attached hydrogen (secondary N) is 1. The van der Waals surface area contributed by atoms with Gasteiger partial charge < -0.3 is 14.8 Å². The first kappa shape index (κ1) is 23.8. The van der Waals surface area contributed by atoms with Crippen molar-refractivity contribution in [3.05, 3.63) is 54.1 Å². The maximum Gasteiger partial charge on any atom is 0.337 e. The minimum absolute atomic E-state index is 0.177. The number of amides is 1. The van der Waals surface area contributed by atoms with Crippen LogP contribution in [0.5, 0.6) is 5.75 Å². The molecule has 2 aromatic carbocycles. The van der Waals surface area contributed by atoms with Crippen LogP contribution in [0.25, 0.3) is 11.4 Å². The number of rotatable bonds is 8. The van der Waals surface area contributed by atoms with Gasteiger partial charge in [-0.1, -0.05) is 37.1 Å². The highest BCUT2D eigenvalue weighted by Gasteiger charge is 2.24. The average Bonchev–Trinajstić information content (AvgIpc) is 3.31. The lowest BCUT2D eigenvalue weighted by Gasteiger charge is -2.25. The molecule has 1 aromatic heterocycles. The molecule has 1 amide bonds. The third kappa shape index (κ3) is 5.59. The summed E-state index contributed by atoms with van der Waals surface area (Å²) in [5.74, 6) is 1.14. The van der Waals surface area contributed by atoms with Crippen molar-refractivity contribution in [2.45, 2.75) is 43.3 Å². The van der Waals surface area contributed by atoms with Crippen LogP contribution in [0.1, 0.15) is 48.5 Å². The lowest BCUT2D eigenvalue weighted by atomic mass is 9.95. The van der Waals surface area contributed by atoms with Crippen molar-refractivity contribution in [2.75, 3.05) is 25.3 Å². The van der Waals surface area contributed by atoms with E-state index < -0.39 is 5.97 Å². The number of aromatic nitrogens is 3. The van der Waals surface area contributed by atoms with Crippen LogP contribution >= 0.6 is 11.8 Å². The molecule has 9 heteroatoms. The van der Waals surface area contributed by atoms with Gasteiger partial charge in [0, 0.05) is 17.3 Å². The Morgan fingerprint density at radius 3 is 2.53 bits per heavy atom. The van der Waals surface area contributed by atoms with Gasteiger partial charge in [-0.15, -0.1) is 10.2 Å². The molecule has 0 aliphatic heterocycles. The van der Waals surface area contributed by atoms with Crippen LogP contribution in [0.4, 0.5) is 5.69 Å². The molecular formula is C25H28N4O4S. The van der Waals surface area contributed by atoms with Crippen molar-refractivity contribution < 1.29 is 19.1 Å². The lowest BCUT2D eigenvalue weighted by Crippen LogP contribution is -2.17. The molecule has 0 spiro atoms. The predicted octanol–water partition coefficient (Wildman–Crippen LogP) is 4.98. The van der Waals surface area contributed by atoms with Crippen LogP contribution in [0.3, 0.4) is 0 Å². The van der Waals surface area contributed by atoms with Gasteiger partial charge in [0.15, 0.2) is 11.0 Å². The van der Waals surface area contributed by atoms with Crippen molar-refractivity contribution in [3.63, 3.8) is 0 Å². The van der Waals surface area contributed by atoms with Gasteiger partial charge in [0.1, 0.15) is 5.75 Å². The molecule has 0 atom stereocenters. The van der Waals surface area contributed by atoms with E-state index in [1.54, 1.807) is 31.4 Å². The molecule has 1 heterocycles. The molecular weight excluding hydrogens is 452 g/mol. The van der Waals surface area contributed by atoms with Crippen LogP contribution in [0, 0.1) is 0 Å². The van der Waals surface area contributed by atoms with Crippen LogP contribution in [-0.2, 0) is 9.53 Å². The van der Waals surface area contributed by atoms with E-state index in [1.165, 1.54) is 38.1 Å². The summed E-state index contributed by atoms with van der Waals surface area (Å²) in [7, 11) is 2.97. The van der Waals surface area contributed by atoms with E-state index in [1.807, 2.05) is 24.3 Å². The Balaban J connectivity index is 1.50. The second-order valence-electron chi connectivity index (χ2n) is 8.11. The smallest absolute Gasteiger partial charge is 0.337 e. The number of thioether (sulfide) groups is 1. The van der Waals surface area contributed by atoms with Gasteiger partial charge in [0.05, 0.1) is 25.5 Å². The average molecular weight is 481 g/mol. The lowest BCUT2D eigenvalue weighted by molar-refractivity contribution is -0.113. The van der Waals surface area contributed by atoms with Crippen LogP contribution < -0.4 is 10.1 Å². The Bertz CT molecular complexity index is 1140. The third-order valence-electron chi connectivity index (χ3n) is 5.85. The first-order valence-corrected chi connectivity index (χ1v) is 12.3. The van der Waals surface area contributed by atoms with Gasteiger partial charge in [-0.05, 0) is 55.3 Å². The summed E-state index contributed by atoms with van der Waals surface area (Å²) in [6, 6.07) is 14.8. The fourth-order valence-electron chi connectivity index (χ4n) is 4.15. The van der Waals surface area contributed by atoms with Gasteiger partial charge >= 0.3 is 5.97 Å². The molecule has 0 radical (unpaired) electrons. The monoisotopic (exact) mass is 480 g/mol. The van der Waals surface area contributed by atoms with Crippen LogP contribution in [0.2, 0.25) is 0 Å². The topological polar surface area (TPSA) is 95.3 Å². The van der Waals surface area contributed by atoms with Crippen molar-refractivity contribution >= 4 is 29.3 Å². The molecule has 1 fully saturated rings. The second kappa shape index (κ2) is 11.2. The van der Waals surface area contributed by atoms with Gasteiger partial charge in [0.2, 0.25) is 5.91 Å². The number of carbonyl (C=O) groups excluding carboxylic acids is 2. The van der Waals surface area contributed by atoms with Crippen molar-refractivity contribution in [3.8, 4) is 17.1 Å². The second-order valence-corrected chi connectivity index (χ2v) is 9.05. The van der Waals surface area contributed by atoms with E-state index in [2.05, 4.69) is 20.1 Å². The molecule has 1 saturated carbocycles. The minimum atomic E-state index is -0.447. The molecule has 4 rings (SSSR count). The number of anilines is 1. The number of carbonyl (C=O) groups is 2. The third-order valence-corrected chi connectivity index (χ3v) is 6.80. The highest BCUT2D eigenvalue weighted by Crippen LogP contribution is 2.36. The molecule has 0 unspecified atom stereocenters. The largest absolute Gasteiger partial charge is 0.497 e. The Morgan fingerprint density at radius 2 is 1.82 bits per heavy atom. The van der Waals surface area contributed by atoms with Gasteiger partial charge in [-0.2, -0.15) is 0 Å². The highest BCUT2D eigenvalue weighted by molar-refractivity contribution is 7.99. The summed E-state index contributed by atoms with van der Waals surface area (Å²) in [5, 5.41) is 12.5. The summed E-state index contributed by atoms with van der Waals surface area (Å²) in [4.78, 5) is 24.4. The van der Waals surface area contributed by atoms with Crippen molar-refractivity contribution in [2.24, 2.45) is 0 Å². The van der Waals surface area contributed by atoms with Gasteiger partial charge in [-0.25, -0.2) is 4.79 Å². The summed E-state index contributed by atoms with van der Waals surface area (Å²) < 4.78 is 12.2. The molecule has 1 aliphatic rings. The number of hydrogen-bond donors (Lipinski definition) is 1. The quantitative estimate of drug-likeness (QED) is 0.359. The van der Waals surface area contributed by atoms with E-state index >= 15 is 0 Å². The van der Waals surface area contributed by atoms with Gasteiger partial charge in [0.25, 0.3) is 0 Å². The Kier molecular flexibility index (Phi) is 7.84. The Labute approximate surface area is 203 Å². The highest BCUT2D eigenvalue weighted by atomic mass is 32.2. The molecule has 8 nitrogen and oxygen atoms in total. The summed E-state index contributed by atoms with van der Waals surface area (Å²) in [6.07, 6.45) is 5.73. The van der Waals surface area contributed by atoms with E-state index in [4.69, 9.17) is 9.47 Å². The minimum Gasteiger partial charge on any atom is -0.497 e. The number of esters is 1. The molecule has 3 aromatic rings. The summed E-state index contributed by atoms with van der Waals surface area (Å²) in [6.45, 7) is 0. The van der Waals surface area contributed by atoms with Crippen molar-refractivity contribution in [1.82, 2.24) is 14.8 Å². The zero-order valence-electron chi connectivity index (χ0n) is 19.3. The fourth-order valence-corrected chi connectivity index (χ4v) is 4.96. The summed E-state index contributed by atoms with van der Waals surface area (Å²) in [5.41, 5.74) is 1.89.